The molecule has 1 atom stereocenters. The van der Waals surface area contributed by atoms with Crippen LogP contribution in [0.5, 0.6) is 5.75 Å². The minimum Gasteiger partial charge on any atom is -0.497 e. The molecule has 8 heteroatoms. The molecule has 2 heterocycles. The molecule has 138 valence electrons. The standard InChI is InChI=1S/C18H23N5O3/c1-12-9-19-16(20-12)11-22(2)18(25)21-13-7-17(24)23(10-13)14-5-4-6-15(8-14)26-3/h4-6,8-9,13H,7,10-11H2,1-3H3,(H,19,20)(H,21,25)/t13-/m1/s1. The third-order valence-corrected chi connectivity index (χ3v) is 4.31. The SMILES string of the molecule is COc1cccc(N2C[C@H](NC(=O)N(C)Cc3ncc(C)[nH]3)CC2=O)c1. The van der Waals surface area contributed by atoms with Crippen molar-refractivity contribution in [2.75, 3.05) is 25.6 Å². The number of nitrogens with zero attached hydrogens (tertiary/aromatic N) is 3. The van der Waals surface area contributed by atoms with Crippen LogP contribution in [0.1, 0.15) is 17.9 Å². The van der Waals surface area contributed by atoms with Gasteiger partial charge < -0.3 is 24.8 Å². The summed E-state index contributed by atoms with van der Waals surface area (Å²) in [5.74, 6) is 1.39. The van der Waals surface area contributed by atoms with Crippen molar-refractivity contribution in [1.29, 1.82) is 0 Å². The highest BCUT2D eigenvalue weighted by atomic mass is 16.5. The molecule has 26 heavy (non-hydrogen) atoms. The second-order valence-electron chi connectivity index (χ2n) is 6.43. The molecule has 1 aliphatic rings. The maximum absolute atomic E-state index is 12.4. The van der Waals surface area contributed by atoms with Crippen LogP contribution in [0.3, 0.4) is 0 Å². The summed E-state index contributed by atoms with van der Waals surface area (Å²) in [5.41, 5.74) is 1.72. The first kappa shape index (κ1) is 17.8. The van der Waals surface area contributed by atoms with E-state index < -0.39 is 0 Å². The number of hydrogen-bond acceptors (Lipinski definition) is 4. The summed E-state index contributed by atoms with van der Waals surface area (Å²) in [5, 5.41) is 2.92. The van der Waals surface area contributed by atoms with Gasteiger partial charge in [0.15, 0.2) is 0 Å². The molecule has 1 aromatic heterocycles. The van der Waals surface area contributed by atoms with Crippen molar-refractivity contribution in [2.45, 2.75) is 25.9 Å². The van der Waals surface area contributed by atoms with Crippen LogP contribution in [-0.2, 0) is 11.3 Å². The highest BCUT2D eigenvalue weighted by molar-refractivity contribution is 5.97. The predicted molar refractivity (Wildman–Crippen MR) is 97.1 cm³/mol. The molecule has 0 bridgehead atoms. The van der Waals surface area contributed by atoms with Gasteiger partial charge in [-0.25, -0.2) is 9.78 Å². The molecule has 3 rings (SSSR count). The van der Waals surface area contributed by atoms with E-state index in [0.29, 0.717) is 18.8 Å². The number of H-pyrrole nitrogens is 1. The van der Waals surface area contributed by atoms with Crippen molar-refractivity contribution in [3.63, 3.8) is 0 Å². The maximum Gasteiger partial charge on any atom is 0.317 e. The van der Waals surface area contributed by atoms with Gasteiger partial charge >= 0.3 is 6.03 Å². The fraction of sp³-hybridized carbons (Fsp3) is 0.389. The first-order valence-electron chi connectivity index (χ1n) is 8.43. The first-order chi connectivity index (χ1) is 12.5. The summed E-state index contributed by atoms with van der Waals surface area (Å²) in [6.07, 6.45) is 2.00. The van der Waals surface area contributed by atoms with Gasteiger partial charge in [0.25, 0.3) is 0 Å². The van der Waals surface area contributed by atoms with Crippen LogP contribution in [0.4, 0.5) is 10.5 Å². The number of carbonyl (C=O) groups excluding carboxylic acids is 2. The second-order valence-corrected chi connectivity index (χ2v) is 6.43. The zero-order valence-corrected chi connectivity index (χ0v) is 15.2. The number of hydrogen-bond donors (Lipinski definition) is 2. The molecule has 0 spiro atoms. The molecule has 3 amide bonds. The van der Waals surface area contributed by atoms with E-state index >= 15 is 0 Å². The predicted octanol–water partition coefficient (Wildman–Crippen LogP) is 1.67. The molecule has 0 unspecified atom stereocenters. The van der Waals surface area contributed by atoms with Gasteiger partial charge in [-0.1, -0.05) is 6.07 Å². The van der Waals surface area contributed by atoms with Gasteiger partial charge in [-0.15, -0.1) is 0 Å². The average molecular weight is 357 g/mol. The zero-order chi connectivity index (χ0) is 18.7. The smallest absolute Gasteiger partial charge is 0.317 e. The summed E-state index contributed by atoms with van der Waals surface area (Å²) in [4.78, 5) is 35.2. The number of nitrogens with one attached hydrogen (secondary N) is 2. The van der Waals surface area contributed by atoms with Crippen LogP contribution < -0.4 is 15.0 Å². The lowest BCUT2D eigenvalue weighted by atomic mass is 10.2. The Balaban J connectivity index is 1.58. The van der Waals surface area contributed by atoms with Gasteiger partial charge in [0.1, 0.15) is 11.6 Å². The van der Waals surface area contributed by atoms with E-state index in [4.69, 9.17) is 4.74 Å². The number of amides is 3. The van der Waals surface area contributed by atoms with E-state index in [0.717, 1.165) is 17.2 Å². The molecule has 0 radical (unpaired) electrons. The number of anilines is 1. The van der Waals surface area contributed by atoms with Crippen LogP contribution in [0.2, 0.25) is 0 Å². The molecule has 8 nitrogen and oxygen atoms in total. The average Bonchev–Trinajstić information content (AvgIpc) is 3.20. The van der Waals surface area contributed by atoms with E-state index in [-0.39, 0.29) is 24.4 Å². The molecule has 0 aliphatic carbocycles. The van der Waals surface area contributed by atoms with Crippen LogP contribution >= 0.6 is 0 Å². The minimum absolute atomic E-state index is 0.0205. The molecule has 1 saturated heterocycles. The van der Waals surface area contributed by atoms with E-state index in [1.165, 1.54) is 4.90 Å². The summed E-state index contributed by atoms with van der Waals surface area (Å²) in [6, 6.07) is 6.87. The van der Waals surface area contributed by atoms with Crippen molar-refractivity contribution in [3.05, 3.63) is 42.0 Å². The van der Waals surface area contributed by atoms with E-state index in [9.17, 15) is 9.59 Å². The Kier molecular flexibility index (Phi) is 5.11. The van der Waals surface area contributed by atoms with E-state index in [1.807, 2.05) is 31.2 Å². The molecule has 1 aromatic carbocycles. The molecule has 2 aromatic rings. The third kappa shape index (κ3) is 3.96. The maximum atomic E-state index is 12.4. The quantitative estimate of drug-likeness (QED) is 0.852. The lowest BCUT2D eigenvalue weighted by Gasteiger charge is -2.21. The van der Waals surface area contributed by atoms with Crippen molar-refractivity contribution in [1.82, 2.24) is 20.2 Å². The number of carbonyl (C=O) groups is 2. The Bertz CT molecular complexity index is 804. The first-order valence-corrected chi connectivity index (χ1v) is 8.43. The van der Waals surface area contributed by atoms with Crippen molar-refractivity contribution in [2.24, 2.45) is 0 Å². The van der Waals surface area contributed by atoms with E-state index in [2.05, 4.69) is 15.3 Å². The number of rotatable bonds is 5. The Labute approximate surface area is 152 Å². The Hall–Kier alpha value is -3.03. The molecular formula is C18H23N5O3. The highest BCUT2D eigenvalue weighted by Gasteiger charge is 2.32. The lowest BCUT2D eigenvalue weighted by molar-refractivity contribution is -0.117. The Morgan fingerprint density at radius 2 is 2.31 bits per heavy atom. The number of urea groups is 1. The molecular weight excluding hydrogens is 334 g/mol. The number of methoxy groups -OCH3 is 1. The normalized spacial score (nSPS) is 16.7. The number of benzene rings is 1. The fourth-order valence-electron chi connectivity index (χ4n) is 2.96. The third-order valence-electron chi connectivity index (χ3n) is 4.31. The Morgan fingerprint density at radius 3 is 3.00 bits per heavy atom. The summed E-state index contributed by atoms with van der Waals surface area (Å²) >= 11 is 0. The Morgan fingerprint density at radius 1 is 1.50 bits per heavy atom. The molecule has 1 aliphatic heterocycles. The van der Waals surface area contributed by atoms with Crippen molar-refractivity contribution < 1.29 is 14.3 Å². The zero-order valence-electron chi connectivity index (χ0n) is 15.2. The summed E-state index contributed by atoms with van der Waals surface area (Å²) < 4.78 is 5.21. The van der Waals surface area contributed by atoms with Crippen LogP contribution in [0.15, 0.2) is 30.5 Å². The van der Waals surface area contributed by atoms with Gasteiger partial charge in [-0.3, -0.25) is 4.79 Å². The lowest BCUT2D eigenvalue weighted by Crippen LogP contribution is -2.44. The monoisotopic (exact) mass is 357 g/mol. The van der Waals surface area contributed by atoms with Crippen LogP contribution in [-0.4, -0.2) is 53.6 Å². The largest absolute Gasteiger partial charge is 0.497 e. The van der Waals surface area contributed by atoms with Crippen LogP contribution in [0.25, 0.3) is 0 Å². The fourth-order valence-corrected chi connectivity index (χ4v) is 2.96. The molecule has 2 N–H and O–H groups in total. The van der Waals surface area contributed by atoms with E-state index in [1.54, 1.807) is 25.3 Å². The number of aromatic nitrogens is 2. The number of imidazole rings is 1. The van der Waals surface area contributed by atoms with Gasteiger partial charge in [-0.2, -0.15) is 0 Å². The van der Waals surface area contributed by atoms with Gasteiger partial charge in [0.2, 0.25) is 5.91 Å². The second kappa shape index (κ2) is 7.47. The number of ether oxygens (including phenoxy) is 1. The molecule has 0 saturated carbocycles. The van der Waals surface area contributed by atoms with Crippen LogP contribution in [0, 0.1) is 6.92 Å². The van der Waals surface area contributed by atoms with Crippen molar-refractivity contribution >= 4 is 17.6 Å². The minimum atomic E-state index is -0.234. The van der Waals surface area contributed by atoms with Gasteiger partial charge in [0.05, 0.1) is 19.7 Å². The van der Waals surface area contributed by atoms with Crippen molar-refractivity contribution in [3.8, 4) is 5.75 Å². The van der Waals surface area contributed by atoms with Gasteiger partial charge in [0, 0.05) is 43.7 Å². The van der Waals surface area contributed by atoms with Gasteiger partial charge in [-0.05, 0) is 19.1 Å². The number of aryl methyl sites for hydroxylation is 1. The number of aromatic amines is 1. The molecule has 1 fully saturated rings. The summed E-state index contributed by atoms with van der Waals surface area (Å²) in [6.45, 7) is 2.72. The highest BCUT2D eigenvalue weighted by Crippen LogP contribution is 2.25. The topological polar surface area (TPSA) is 90.6 Å². The summed E-state index contributed by atoms with van der Waals surface area (Å²) in [7, 11) is 3.29.